The number of nitrogens with zero attached hydrogens (tertiary/aromatic N) is 1. The molecule has 0 bridgehead atoms. The van der Waals surface area contributed by atoms with E-state index in [0.29, 0.717) is 11.3 Å². The second-order valence-electron chi connectivity index (χ2n) is 4.93. The van der Waals surface area contributed by atoms with Crippen LogP contribution in [0.4, 0.5) is 0 Å². The molecule has 0 saturated carbocycles. The summed E-state index contributed by atoms with van der Waals surface area (Å²) >= 11 is 0. The Morgan fingerprint density at radius 3 is 2.26 bits per heavy atom. The van der Waals surface area contributed by atoms with Gasteiger partial charge in [0, 0.05) is 23.8 Å². The van der Waals surface area contributed by atoms with Crippen molar-refractivity contribution in [2.45, 2.75) is 0 Å². The van der Waals surface area contributed by atoms with Gasteiger partial charge in [0.15, 0.2) is 18.6 Å². The third kappa shape index (κ3) is 3.92. The second-order valence-corrected chi connectivity index (χ2v) is 4.93. The molecule has 1 aromatic heterocycles. The first-order valence-corrected chi connectivity index (χ1v) is 7.33. The van der Waals surface area contributed by atoms with Crippen LogP contribution in [-0.2, 0) is 0 Å². The molecular weight excluding hydrogens is 286 g/mol. The SMILES string of the molecule is O=C(Oc1ccccc1/C=C/[n+]1ccccc1)c1ccccc1. The van der Waals surface area contributed by atoms with Gasteiger partial charge in [-0.05, 0) is 18.2 Å². The summed E-state index contributed by atoms with van der Waals surface area (Å²) in [5.74, 6) is 0.174. The van der Waals surface area contributed by atoms with Gasteiger partial charge < -0.3 is 4.74 Å². The molecule has 1 heterocycles. The Labute approximate surface area is 135 Å². The zero-order chi connectivity index (χ0) is 15.9. The van der Waals surface area contributed by atoms with Crippen molar-refractivity contribution in [3.05, 3.63) is 96.3 Å². The summed E-state index contributed by atoms with van der Waals surface area (Å²) in [6, 6.07) is 22.3. The minimum atomic E-state index is -0.362. The number of hydrogen-bond acceptors (Lipinski definition) is 2. The highest BCUT2D eigenvalue weighted by Gasteiger charge is 2.10. The van der Waals surface area contributed by atoms with Crippen LogP contribution in [0, 0.1) is 0 Å². The molecule has 0 spiro atoms. The fourth-order valence-corrected chi connectivity index (χ4v) is 2.12. The number of pyridine rings is 1. The number of ether oxygens (including phenoxy) is 1. The number of rotatable bonds is 4. The Hall–Kier alpha value is -3.20. The van der Waals surface area contributed by atoms with Gasteiger partial charge in [0.2, 0.25) is 0 Å². The first-order chi connectivity index (χ1) is 11.3. The highest BCUT2D eigenvalue weighted by molar-refractivity contribution is 5.91. The summed E-state index contributed by atoms with van der Waals surface area (Å²) in [6.07, 6.45) is 7.70. The van der Waals surface area contributed by atoms with Crippen LogP contribution in [0.3, 0.4) is 0 Å². The van der Waals surface area contributed by atoms with Gasteiger partial charge in [-0.2, -0.15) is 4.57 Å². The molecule has 3 aromatic rings. The molecule has 0 radical (unpaired) electrons. The molecule has 3 nitrogen and oxygen atoms in total. The van der Waals surface area contributed by atoms with E-state index in [0.717, 1.165) is 5.56 Å². The molecule has 0 aliphatic carbocycles. The van der Waals surface area contributed by atoms with Crippen molar-refractivity contribution in [2.75, 3.05) is 0 Å². The lowest BCUT2D eigenvalue weighted by atomic mass is 10.2. The van der Waals surface area contributed by atoms with Crippen molar-refractivity contribution in [1.29, 1.82) is 0 Å². The average molecular weight is 302 g/mol. The van der Waals surface area contributed by atoms with Crippen LogP contribution in [0.15, 0.2) is 85.2 Å². The number of carbonyl (C=O) groups excluding carboxylic acids is 1. The van der Waals surface area contributed by atoms with Gasteiger partial charge >= 0.3 is 5.97 Å². The zero-order valence-corrected chi connectivity index (χ0v) is 12.5. The summed E-state index contributed by atoms with van der Waals surface area (Å²) in [5.41, 5.74) is 1.37. The molecule has 3 rings (SSSR count). The first-order valence-electron chi connectivity index (χ1n) is 7.33. The molecule has 0 amide bonds. The smallest absolute Gasteiger partial charge is 0.343 e. The summed E-state index contributed by atoms with van der Waals surface area (Å²) in [5, 5.41) is 0. The standard InChI is InChI=1S/C20H16NO2/c22-20(18-10-3-1-4-11-18)23-19-12-6-5-9-17(19)13-16-21-14-7-2-8-15-21/h1-16H/q+1/b16-13+. The lowest BCUT2D eigenvalue weighted by Gasteiger charge is -2.06. The third-order valence-electron chi connectivity index (χ3n) is 3.30. The van der Waals surface area contributed by atoms with Crippen molar-refractivity contribution in [3.63, 3.8) is 0 Å². The van der Waals surface area contributed by atoms with Crippen LogP contribution >= 0.6 is 0 Å². The molecule has 0 aliphatic heterocycles. The van der Waals surface area contributed by atoms with Crippen LogP contribution in [0.5, 0.6) is 5.75 Å². The van der Waals surface area contributed by atoms with E-state index in [9.17, 15) is 4.79 Å². The van der Waals surface area contributed by atoms with E-state index >= 15 is 0 Å². The molecule has 2 aromatic carbocycles. The molecule has 23 heavy (non-hydrogen) atoms. The van der Waals surface area contributed by atoms with Gasteiger partial charge in [-0.15, -0.1) is 0 Å². The number of hydrogen-bond donors (Lipinski definition) is 0. The van der Waals surface area contributed by atoms with Crippen LogP contribution in [-0.4, -0.2) is 5.97 Å². The Balaban J connectivity index is 1.81. The number of esters is 1. The largest absolute Gasteiger partial charge is 0.422 e. The van der Waals surface area contributed by atoms with Crippen LogP contribution in [0.1, 0.15) is 15.9 Å². The van der Waals surface area contributed by atoms with Crippen molar-refractivity contribution < 1.29 is 14.1 Å². The van der Waals surface area contributed by atoms with E-state index in [2.05, 4.69) is 0 Å². The molecule has 0 aliphatic rings. The Bertz CT molecular complexity index is 811. The van der Waals surface area contributed by atoms with Gasteiger partial charge in [0.25, 0.3) is 0 Å². The van der Waals surface area contributed by atoms with Crippen LogP contribution in [0.25, 0.3) is 12.3 Å². The topological polar surface area (TPSA) is 30.2 Å². The predicted octanol–water partition coefficient (Wildman–Crippen LogP) is 3.82. The van der Waals surface area contributed by atoms with E-state index in [-0.39, 0.29) is 5.97 Å². The Kier molecular flexibility index (Phi) is 4.60. The minimum Gasteiger partial charge on any atom is -0.422 e. The van der Waals surface area contributed by atoms with Crippen molar-refractivity contribution >= 4 is 18.2 Å². The molecule has 0 N–H and O–H groups in total. The van der Waals surface area contributed by atoms with E-state index in [1.165, 1.54) is 0 Å². The van der Waals surface area contributed by atoms with Gasteiger partial charge in [-0.25, -0.2) is 4.79 Å². The molecule has 0 saturated heterocycles. The van der Waals surface area contributed by atoms with E-state index < -0.39 is 0 Å². The fraction of sp³-hybridized carbons (Fsp3) is 0. The highest BCUT2D eigenvalue weighted by Crippen LogP contribution is 2.20. The van der Waals surface area contributed by atoms with Crippen molar-refractivity contribution in [3.8, 4) is 5.75 Å². The molecular formula is C20H16NO2+. The Morgan fingerprint density at radius 1 is 0.826 bits per heavy atom. The summed E-state index contributed by atoms with van der Waals surface area (Å²) in [7, 11) is 0. The highest BCUT2D eigenvalue weighted by atomic mass is 16.5. The van der Waals surface area contributed by atoms with Crippen LogP contribution in [0.2, 0.25) is 0 Å². The van der Waals surface area contributed by atoms with E-state index in [1.807, 2.05) is 83.8 Å². The fourth-order valence-electron chi connectivity index (χ4n) is 2.12. The van der Waals surface area contributed by atoms with Crippen molar-refractivity contribution in [2.24, 2.45) is 0 Å². The third-order valence-corrected chi connectivity index (χ3v) is 3.30. The number of carbonyl (C=O) groups is 1. The second kappa shape index (κ2) is 7.18. The zero-order valence-electron chi connectivity index (χ0n) is 12.5. The lowest BCUT2D eigenvalue weighted by Crippen LogP contribution is -2.23. The minimum absolute atomic E-state index is 0.362. The maximum atomic E-state index is 12.2. The molecule has 0 unspecified atom stereocenters. The summed E-state index contributed by atoms with van der Waals surface area (Å²) < 4.78 is 7.45. The predicted molar refractivity (Wildman–Crippen MR) is 89.7 cm³/mol. The van der Waals surface area contributed by atoms with Crippen molar-refractivity contribution in [1.82, 2.24) is 0 Å². The normalized spacial score (nSPS) is 10.6. The van der Waals surface area contributed by atoms with Gasteiger partial charge in [0.05, 0.1) is 5.56 Å². The molecule has 3 heteroatoms. The first kappa shape index (κ1) is 14.7. The Morgan fingerprint density at radius 2 is 1.48 bits per heavy atom. The monoisotopic (exact) mass is 302 g/mol. The number of para-hydroxylation sites is 1. The lowest BCUT2D eigenvalue weighted by molar-refractivity contribution is -0.567. The molecule has 112 valence electrons. The van der Waals surface area contributed by atoms with Gasteiger partial charge in [-0.1, -0.05) is 42.5 Å². The van der Waals surface area contributed by atoms with E-state index in [1.54, 1.807) is 18.2 Å². The molecule has 0 atom stereocenters. The van der Waals surface area contributed by atoms with Gasteiger partial charge in [-0.3, -0.25) is 0 Å². The summed E-state index contributed by atoms with van der Waals surface area (Å²) in [4.78, 5) is 12.2. The molecule has 0 fully saturated rings. The number of benzene rings is 2. The van der Waals surface area contributed by atoms with Crippen LogP contribution < -0.4 is 9.30 Å². The number of aromatic nitrogens is 1. The summed E-state index contributed by atoms with van der Waals surface area (Å²) in [6.45, 7) is 0. The van der Waals surface area contributed by atoms with E-state index in [4.69, 9.17) is 4.74 Å². The maximum Gasteiger partial charge on any atom is 0.343 e. The maximum absolute atomic E-state index is 12.2. The average Bonchev–Trinajstić information content (AvgIpc) is 2.62. The quantitative estimate of drug-likeness (QED) is 0.416. The van der Waals surface area contributed by atoms with Gasteiger partial charge in [0.1, 0.15) is 5.75 Å².